The number of esters is 1. The van der Waals surface area contributed by atoms with Gasteiger partial charge in [0.25, 0.3) is 0 Å². The molecule has 1 atom stereocenters. The molecule has 1 aromatic carbocycles. The van der Waals surface area contributed by atoms with Crippen molar-refractivity contribution in [3.63, 3.8) is 0 Å². The van der Waals surface area contributed by atoms with Crippen LogP contribution in [0.1, 0.15) is 25.8 Å². The molecule has 27 heavy (non-hydrogen) atoms. The normalized spacial score (nSPS) is 12.5. The fraction of sp³-hybridized carbons (Fsp3) is 0.600. The van der Waals surface area contributed by atoms with Gasteiger partial charge in [-0.1, -0.05) is 63.8 Å². The van der Waals surface area contributed by atoms with E-state index in [1.165, 1.54) is 0 Å². The van der Waals surface area contributed by atoms with Gasteiger partial charge in [-0.25, -0.2) is 9.59 Å². The molecular formula is C20H33NO5Si. The van der Waals surface area contributed by atoms with Crippen LogP contribution < -0.4 is 5.32 Å². The molecule has 0 saturated heterocycles. The van der Waals surface area contributed by atoms with Crippen LogP contribution in [0.25, 0.3) is 0 Å². The van der Waals surface area contributed by atoms with Gasteiger partial charge in [0.15, 0.2) is 6.79 Å². The Hall–Kier alpha value is -1.86. The van der Waals surface area contributed by atoms with Gasteiger partial charge < -0.3 is 19.5 Å². The molecule has 1 rings (SSSR count). The van der Waals surface area contributed by atoms with E-state index in [1.807, 2.05) is 44.2 Å². The van der Waals surface area contributed by atoms with Gasteiger partial charge in [0.1, 0.15) is 12.6 Å². The molecule has 0 aliphatic carbocycles. The lowest BCUT2D eigenvalue weighted by molar-refractivity contribution is -0.158. The maximum absolute atomic E-state index is 12.3. The highest BCUT2D eigenvalue weighted by molar-refractivity contribution is 6.76. The first-order valence-electron chi connectivity index (χ1n) is 9.39. The Balaban J connectivity index is 2.41. The minimum absolute atomic E-state index is 0.0986. The summed E-state index contributed by atoms with van der Waals surface area (Å²) < 4.78 is 15.7. The Morgan fingerprint density at radius 3 is 2.33 bits per heavy atom. The van der Waals surface area contributed by atoms with E-state index in [-0.39, 0.29) is 19.3 Å². The van der Waals surface area contributed by atoms with Crippen LogP contribution in [0.3, 0.4) is 0 Å². The summed E-state index contributed by atoms with van der Waals surface area (Å²) in [5.41, 5.74) is 0.881. The lowest BCUT2D eigenvalue weighted by Crippen LogP contribution is -2.43. The fourth-order valence-electron chi connectivity index (χ4n) is 2.23. The number of rotatable bonds is 11. The Morgan fingerprint density at radius 2 is 1.74 bits per heavy atom. The minimum atomic E-state index is -1.18. The third-order valence-electron chi connectivity index (χ3n) is 3.78. The lowest BCUT2D eigenvalue weighted by atomic mass is 10.0. The summed E-state index contributed by atoms with van der Waals surface area (Å²) in [5, 5.41) is 2.60. The van der Waals surface area contributed by atoms with Gasteiger partial charge in [-0.3, -0.25) is 0 Å². The van der Waals surface area contributed by atoms with Crippen molar-refractivity contribution in [3.8, 4) is 0 Å². The van der Waals surface area contributed by atoms with E-state index in [4.69, 9.17) is 14.2 Å². The number of amides is 1. The summed E-state index contributed by atoms with van der Waals surface area (Å²) in [4.78, 5) is 24.3. The van der Waals surface area contributed by atoms with E-state index in [0.29, 0.717) is 13.0 Å². The largest absolute Gasteiger partial charge is 0.445 e. The summed E-state index contributed by atoms with van der Waals surface area (Å²) in [7, 11) is -1.18. The third-order valence-corrected chi connectivity index (χ3v) is 5.48. The number of hydrogen-bond donors (Lipinski definition) is 1. The van der Waals surface area contributed by atoms with Gasteiger partial charge >= 0.3 is 12.1 Å². The predicted octanol–water partition coefficient (Wildman–Crippen LogP) is 4.18. The van der Waals surface area contributed by atoms with Crippen molar-refractivity contribution in [3.05, 3.63) is 35.9 Å². The van der Waals surface area contributed by atoms with E-state index in [2.05, 4.69) is 25.0 Å². The molecular weight excluding hydrogens is 362 g/mol. The number of carbonyl (C=O) groups is 2. The van der Waals surface area contributed by atoms with Crippen LogP contribution in [0.4, 0.5) is 4.79 Å². The highest BCUT2D eigenvalue weighted by Gasteiger charge is 2.24. The van der Waals surface area contributed by atoms with Crippen LogP contribution in [-0.2, 0) is 25.6 Å². The highest BCUT2D eigenvalue weighted by atomic mass is 28.3. The maximum atomic E-state index is 12.3. The standard InChI is InChI=1S/C20H33NO5Si/c1-16(2)13-18(19(22)26-15-24-11-12-27(3,4)5)21-20(23)25-14-17-9-7-6-8-10-17/h6-10,16,18H,11-15H2,1-5H3,(H,21,23)/t18-/m0/s1. The van der Waals surface area contributed by atoms with Crippen LogP contribution in [-0.4, -0.2) is 39.6 Å². The SMILES string of the molecule is CC(C)C[C@H](NC(=O)OCc1ccccc1)C(=O)OCOCC[Si](C)(C)C. The number of alkyl carbamates (subject to hydrolysis) is 1. The number of benzene rings is 1. The van der Waals surface area contributed by atoms with E-state index < -0.39 is 26.2 Å². The highest BCUT2D eigenvalue weighted by Crippen LogP contribution is 2.09. The number of carbonyl (C=O) groups excluding carboxylic acids is 2. The first-order chi connectivity index (χ1) is 12.7. The van der Waals surface area contributed by atoms with Crippen molar-refractivity contribution in [2.75, 3.05) is 13.4 Å². The van der Waals surface area contributed by atoms with Gasteiger partial charge in [0.2, 0.25) is 0 Å². The number of nitrogens with one attached hydrogen (secondary N) is 1. The first kappa shape index (κ1) is 23.2. The van der Waals surface area contributed by atoms with Crippen molar-refractivity contribution in [2.45, 2.75) is 58.6 Å². The molecule has 0 heterocycles. The summed E-state index contributed by atoms with van der Waals surface area (Å²) in [5.74, 6) is -0.293. The Morgan fingerprint density at radius 1 is 1.07 bits per heavy atom. The number of hydrogen-bond acceptors (Lipinski definition) is 5. The zero-order chi connectivity index (χ0) is 20.3. The Kier molecular flexibility index (Phi) is 10.1. The zero-order valence-corrected chi connectivity index (χ0v) is 18.1. The first-order valence-corrected chi connectivity index (χ1v) is 13.1. The molecule has 0 spiro atoms. The molecule has 1 amide bonds. The van der Waals surface area contributed by atoms with E-state index in [1.54, 1.807) is 0 Å². The van der Waals surface area contributed by atoms with Crippen LogP contribution >= 0.6 is 0 Å². The van der Waals surface area contributed by atoms with Gasteiger partial charge in [0, 0.05) is 14.7 Å². The fourth-order valence-corrected chi connectivity index (χ4v) is 2.99. The molecule has 0 unspecified atom stereocenters. The monoisotopic (exact) mass is 395 g/mol. The van der Waals surface area contributed by atoms with E-state index >= 15 is 0 Å². The van der Waals surface area contributed by atoms with Crippen LogP contribution in [0.2, 0.25) is 25.7 Å². The van der Waals surface area contributed by atoms with Crippen molar-refractivity contribution in [1.82, 2.24) is 5.32 Å². The number of ether oxygens (including phenoxy) is 3. The second kappa shape index (κ2) is 11.8. The average Bonchev–Trinajstić information content (AvgIpc) is 2.58. The summed E-state index contributed by atoms with van der Waals surface area (Å²) in [6.45, 7) is 11.3. The van der Waals surface area contributed by atoms with Gasteiger partial charge in [-0.05, 0) is 23.9 Å². The van der Waals surface area contributed by atoms with Crippen LogP contribution in [0.15, 0.2) is 30.3 Å². The summed E-state index contributed by atoms with van der Waals surface area (Å²) in [6.07, 6.45) is -0.171. The Bertz CT molecular complexity index is 571. The summed E-state index contributed by atoms with van der Waals surface area (Å²) >= 11 is 0. The molecule has 0 fully saturated rings. The smallest absolute Gasteiger partial charge is 0.408 e. The molecule has 0 aromatic heterocycles. The molecule has 152 valence electrons. The molecule has 0 saturated carbocycles. The second-order valence-corrected chi connectivity index (χ2v) is 13.8. The molecule has 7 heteroatoms. The van der Waals surface area contributed by atoms with Crippen LogP contribution in [0.5, 0.6) is 0 Å². The van der Waals surface area contributed by atoms with Crippen molar-refractivity contribution in [2.24, 2.45) is 5.92 Å². The topological polar surface area (TPSA) is 73.9 Å². The van der Waals surface area contributed by atoms with Gasteiger partial charge in [0.05, 0.1) is 0 Å². The molecule has 0 radical (unpaired) electrons. The molecule has 1 aromatic rings. The molecule has 0 bridgehead atoms. The second-order valence-electron chi connectivity index (χ2n) is 8.19. The predicted molar refractivity (Wildman–Crippen MR) is 108 cm³/mol. The third kappa shape index (κ3) is 11.5. The van der Waals surface area contributed by atoms with Crippen molar-refractivity contribution < 1.29 is 23.8 Å². The average molecular weight is 396 g/mol. The van der Waals surface area contributed by atoms with Crippen molar-refractivity contribution in [1.29, 1.82) is 0 Å². The van der Waals surface area contributed by atoms with E-state index in [0.717, 1.165) is 11.6 Å². The van der Waals surface area contributed by atoms with Crippen LogP contribution in [0, 0.1) is 5.92 Å². The van der Waals surface area contributed by atoms with Crippen molar-refractivity contribution >= 4 is 20.1 Å². The quantitative estimate of drug-likeness (QED) is 0.263. The van der Waals surface area contributed by atoms with Gasteiger partial charge in [-0.15, -0.1) is 0 Å². The molecule has 0 aliphatic rings. The molecule has 6 nitrogen and oxygen atoms in total. The zero-order valence-electron chi connectivity index (χ0n) is 17.1. The maximum Gasteiger partial charge on any atom is 0.408 e. The lowest BCUT2D eigenvalue weighted by Gasteiger charge is -2.20. The molecule has 1 N–H and O–H groups in total. The van der Waals surface area contributed by atoms with Gasteiger partial charge in [-0.2, -0.15) is 0 Å². The summed E-state index contributed by atoms with van der Waals surface area (Å²) in [6, 6.07) is 9.62. The minimum Gasteiger partial charge on any atom is -0.445 e. The Labute approximate surface area is 163 Å². The molecule has 0 aliphatic heterocycles. The van der Waals surface area contributed by atoms with E-state index in [9.17, 15) is 9.59 Å².